The lowest BCUT2D eigenvalue weighted by Crippen LogP contribution is -2.25. The van der Waals surface area contributed by atoms with Gasteiger partial charge >= 0.3 is 0 Å². The highest BCUT2D eigenvalue weighted by Crippen LogP contribution is 2.20. The monoisotopic (exact) mass is 121 g/mol. The van der Waals surface area contributed by atoms with E-state index in [0.29, 0.717) is 6.04 Å². The Morgan fingerprint density at radius 3 is 3.33 bits per heavy atom. The van der Waals surface area contributed by atoms with Gasteiger partial charge < -0.3 is 5.32 Å². The Balaban J connectivity index is 2.20. The molecule has 0 bridgehead atoms. The van der Waals surface area contributed by atoms with Crippen LogP contribution in [0.4, 0.5) is 0 Å². The molecule has 0 saturated heterocycles. The van der Waals surface area contributed by atoms with Crippen molar-refractivity contribution in [1.82, 2.24) is 5.32 Å². The summed E-state index contributed by atoms with van der Waals surface area (Å²) < 4.78 is 0. The second-order valence-electron chi connectivity index (χ2n) is 2.65. The van der Waals surface area contributed by atoms with E-state index in [9.17, 15) is 0 Å². The van der Waals surface area contributed by atoms with Crippen molar-refractivity contribution in [3.8, 4) is 0 Å². The van der Waals surface area contributed by atoms with Gasteiger partial charge in [0.2, 0.25) is 0 Å². The van der Waals surface area contributed by atoms with E-state index >= 15 is 0 Å². The molecule has 0 saturated carbocycles. The summed E-state index contributed by atoms with van der Waals surface area (Å²) in [6.07, 6.45) is 9.22. The third-order valence-electron chi connectivity index (χ3n) is 2.07. The molecule has 1 aliphatic carbocycles. The molecule has 1 aliphatic heterocycles. The normalized spacial score (nSPS) is 32.0. The van der Waals surface area contributed by atoms with Crippen molar-refractivity contribution in [2.24, 2.45) is 0 Å². The van der Waals surface area contributed by atoms with Crippen LogP contribution in [0.5, 0.6) is 0 Å². The average Bonchev–Trinajstić information content (AvgIpc) is 2.33. The maximum Gasteiger partial charge on any atom is 0.0320 e. The first-order valence-corrected chi connectivity index (χ1v) is 3.54. The van der Waals surface area contributed by atoms with Crippen molar-refractivity contribution in [2.75, 3.05) is 6.54 Å². The van der Waals surface area contributed by atoms with Gasteiger partial charge in [-0.05, 0) is 12.8 Å². The van der Waals surface area contributed by atoms with Crippen LogP contribution in [0, 0.1) is 0 Å². The maximum atomic E-state index is 3.41. The fourth-order valence-corrected chi connectivity index (χ4v) is 1.52. The van der Waals surface area contributed by atoms with Crippen LogP contribution in [0.3, 0.4) is 0 Å². The smallest absolute Gasteiger partial charge is 0.0320 e. The van der Waals surface area contributed by atoms with E-state index in [1.165, 1.54) is 12.8 Å². The predicted molar refractivity (Wildman–Crippen MR) is 38.2 cm³/mol. The topological polar surface area (TPSA) is 12.0 Å². The molecule has 0 spiro atoms. The summed E-state index contributed by atoms with van der Waals surface area (Å²) in [5, 5.41) is 3.41. The van der Waals surface area contributed by atoms with Gasteiger partial charge in [-0.2, -0.15) is 0 Å². The van der Waals surface area contributed by atoms with Gasteiger partial charge in [-0.3, -0.25) is 0 Å². The van der Waals surface area contributed by atoms with Gasteiger partial charge in [0, 0.05) is 12.6 Å². The lowest BCUT2D eigenvalue weighted by molar-refractivity contribution is 0.633. The molecule has 1 heteroatoms. The number of rotatable bonds is 0. The molecule has 9 heavy (non-hydrogen) atoms. The number of hydrogen-bond donors (Lipinski definition) is 1. The van der Waals surface area contributed by atoms with Crippen LogP contribution in [0.15, 0.2) is 23.8 Å². The molecule has 0 aromatic carbocycles. The quantitative estimate of drug-likeness (QED) is 0.475. The molecule has 1 unspecified atom stereocenters. The maximum absolute atomic E-state index is 3.41. The minimum Gasteiger partial charge on any atom is -0.306 e. The highest BCUT2D eigenvalue weighted by atomic mass is 14.9. The minimum absolute atomic E-state index is 0.690. The van der Waals surface area contributed by atoms with Crippen molar-refractivity contribution < 1.29 is 0 Å². The molecular weight excluding hydrogens is 110 g/mol. The summed E-state index contributed by atoms with van der Waals surface area (Å²) in [6, 6.07) is 0.690. The number of allylic oxidation sites excluding steroid dienone is 1. The van der Waals surface area contributed by atoms with Gasteiger partial charge in [-0.15, -0.1) is 0 Å². The van der Waals surface area contributed by atoms with Crippen molar-refractivity contribution in [3.63, 3.8) is 0 Å². The number of hydrogen-bond acceptors (Lipinski definition) is 1. The van der Waals surface area contributed by atoms with Gasteiger partial charge in [-0.25, -0.2) is 0 Å². The molecule has 1 N–H and O–H groups in total. The van der Waals surface area contributed by atoms with Crippen molar-refractivity contribution >= 4 is 0 Å². The fourth-order valence-electron chi connectivity index (χ4n) is 1.52. The first-order chi connectivity index (χ1) is 4.47. The Labute approximate surface area is 55.5 Å². The van der Waals surface area contributed by atoms with Crippen LogP contribution >= 0.6 is 0 Å². The van der Waals surface area contributed by atoms with E-state index in [0.717, 1.165) is 6.54 Å². The molecule has 2 rings (SSSR count). The molecule has 2 aliphatic rings. The average molecular weight is 121 g/mol. The molecule has 0 amide bonds. The lowest BCUT2D eigenvalue weighted by atomic mass is 9.98. The zero-order chi connectivity index (χ0) is 6.10. The standard InChI is InChI=1S/C8H11N/c1-2-4-8-7(3-1)5-6-9-8/h1-2,5,8-9H,3-4,6H2. The Kier molecular flexibility index (Phi) is 1.16. The van der Waals surface area contributed by atoms with Crippen LogP contribution in [0.25, 0.3) is 0 Å². The van der Waals surface area contributed by atoms with E-state index in [1.807, 2.05) is 0 Å². The molecule has 0 aromatic heterocycles. The zero-order valence-electron chi connectivity index (χ0n) is 5.43. The van der Waals surface area contributed by atoms with Crippen molar-refractivity contribution in [3.05, 3.63) is 23.8 Å². The van der Waals surface area contributed by atoms with Gasteiger partial charge in [0.05, 0.1) is 0 Å². The fraction of sp³-hybridized carbons (Fsp3) is 0.500. The lowest BCUT2D eigenvalue weighted by Gasteiger charge is -2.15. The molecule has 0 aromatic rings. The van der Waals surface area contributed by atoms with Crippen LogP contribution in [-0.4, -0.2) is 12.6 Å². The van der Waals surface area contributed by atoms with Gasteiger partial charge in [0.25, 0.3) is 0 Å². The van der Waals surface area contributed by atoms with Gasteiger partial charge in [0.15, 0.2) is 0 Å². The Bertz CT molecular complexity index is 167. The summed E-state index contributed by atoms with van der Waals surface area (Å²) in [7, 11) is 0. The highest BCUT2D eigenvalue weighted by Gasteiger charge is 2.17. The first kappa shape index (κ1) is 5.24. The van der Waals surface area contributed by atoms with Crippen LogP contribution in [0.1, 0.15) is 12.8 Å². The minimum atomic E-state index is 0.690. The molecule has 48 valence electrons. The van der Waals surface area contributed by atoms with E-state index in [2.05, 4.69) is 23.5 Å². The van der Waals surface area contributed by atoms with Crippen LogP contribution in [-0.2, 0) is 0 Å². The summed E-state index contributed by atoms with van der Waals surface area (Å²) in [5.41, 5.74) is 1.59. The highest BCUT2D eigenvalue weighted by molar-refractivity contribution is 5.24. The van der Waals surface area contributed by atoms with Crippen molar-refractivity contribution in [2.45, 2.75) is 18.9 Å². The molecule has 0 fully saturated rings. The van der Waals surface area contributed by atoms with Crippen LogP contribution in [0.2, 0.25) is 0 Å². The summed E-state index contributed by atoms with van der Waals surface area (Å²) in [4.78, 5) is 0. The third kappa shape index (κ3) is 0.815. The predicted octanol–water partition coefficient (Wildman–Crippen LogP) is 1.23. The molecule has 1 atom stereocenters. The Hall–Kier alpha value is -0.560. The van der Waals surface area contributed by atoms with E-state index < -0.39 is 0 Å². The second-order valence-corrected chi connectivity index (χ2v) is 2.65. The summed E-state index contributed by atoms with van der Waals surface area (Å²) in [5.74, 6) is 0. The SMILES string of the molecule is C1=CCC2NCC=C2C1. The van der Waals surface area contributed by atoms with E-state index in [-0.39, 0.29) is 0 Å². The summed E-state index contributed by atoms with van der Waals surface area (Å²) >= 11 is 0. The van der Waals surface area contributed by atoms with Crippen LogP contribution < -0.4 is 5.32 Å². The second kappa shape index (κ2) is 1.99. The molecule has 1 nitrogen and oxygen atoms in total. The van der Waals surface area contributed by atoms with E-state index in [1.54, 1.807) is 5.57 Å². The number of nitrogens with one attached hydrogen (secondary N) is 1. The Morgan fingerprint density at radius 1 is 1.44 bits per heavy atom. The Morgan fingerprint density at radius 2 is 2.44 bits per heavy atom. The molecule has 0 radical (unpaired) electrons. The first-order valence-electron chi connectivity index (χ1n) is 3.54. The van der Waals surface area contributed by atoms with Crippen molar-refractivity contribution in [1.29, 1.82) is 0 Å². The summed E-state index contributed by atoms with van der Waals surface area (Å²) in [6.45, 7) is 1.08. The van der Waals surface area contributed by atoms with Gasteiger partial charge in [-0.1, -0.05) is 23.8 Å². The van der Waals surface area contributed by atoms with Gasteiger partial charge in [0.1, 0.15) is 0 Å². The third-order valence-corrected chi connectivity index (χ3v) is 2.07. The molecular formula is C8H11N. The largest absolute Gasteiger partial charge is 0.306 e. The number of fused-ring (bicyclic) bond motifs is 1. The zero-order valence-corrected chi connectivity index (χ0v) is 5.43. The molecule has 1 heterocycles. The van der Waals surface area contributed by atoms with E-state index in [4.69, 9.17) is 0 Å².